The smallest absolute Gasteiger partial charge is 0.0219 e. The van der Waals surface area contributed by atoms with Crippen LogP contribution in [0.5, 0.6) is 0 Å². The fourth-order valence-electron chi connectivity index (χ4n) is 1.91. The van der Waals surface area contributed by atoms with E-state index in [9.17, 15) is 0 Å². The predicted molar refractivity (Wildman–Crippen MR) is 69.6 cm³/mol. The summed E-state index contributed by atoms with van der Waals surface area (Å²) in [4.78, 5) is 2.89. The Hall–Kier alpha value is -0.340. The first-order chi connectivity index (χ1) is 7.17. The van der Waals surface area contributed by atoms with Crippen molar-refractivity contribution in [3.63, 3.8) is 0 Å². The monoisotopic (exact) mass is 225 g/mol. The Morgan fingerprint density at radius 3 is 2.53 bits per heavy atom. The molecule has 0 radical (unpaired) electrons. The summed E-state index contributed by atoms with van der Waals surface area (Å²) in [6.45, 7) is 9.96. The normalized spacial score (nSPS) is 13.1. The molecular weight excluding hydrogens is 202 g/mol. The van der Waals surface area contributed by atoms with Crippen molar-refractivity contribution in [1.82, 2.24) is 5.32 Å². The fraction of sp³-hybridized carbons (Fsp3) is 0.692. The third kappa shape index (κ3) is 3.96. The van der Waals surface area contributed by atoms with Gasteiger partial charge in [-0.05, 0) is 38.3 Å². The van der Waals surface area contributed by atoms with Gasteiger partial charge in [-0.15, -0.1) is 11.3 Å². The topological polar surface area (TPSA) is 12.0 Å². The molecule has 1 heterocycles. The molecular formula is C13H23NS. The molecule has 15 heavy (non-hydrogen) atoms. The SMILES string of the molecule is CCCC(CC)NCc1cc(C)sc1C. The second-order valence-corrected chi connectivity index (χ2v) is 5.67. The molecule has 2 heteroatoms. The lowest BCUT2D eigenvalue weighted by molar-refractivity contribution is 0.462. The number of aryl methyl sites for hydroxylation is 2. The Balaban J connectivity index is 2.44. The zero-order valence-electron chi connectivity index (χ0n) is 10.4. The van der Waals surface area contributed by atoms with Crippen LogP contribution in [0.3, 0.4) is 0 Å². The molecule has 1 rings (SSSR count). The lowest BCUT2D eigenvalue weighted by Crippen LogP contribution is -2.27. The summed E-state index contributed by atoms with van der Waals surface area (Å²) in [5, 5.41) is 3.65. The number of thiophene rings is 1. The molecule has 1 unspecified atom stereocenters. The lowest BCUT2D eigenvalue weighted by Gasteiger charge is -2.15. The van der Waals surface area contributed by atoms with Gasteiger partial charge in [0.2, 0.25) is 0 Å². The number of hydrogen-bond acceptors (Lipinski definition) is 2. The molecule has 1 nitrogen and oxygen atoms in total. The summed E-state index contributed by atoms with van der Waals surface area (Å²) in [7, 11) is 0. The third-order valence-electron chi connectivity index (χ3n) is 2.85. The van der Waals surface area contributed by atoms with E-state index in [2.05, 4.69) is 39.1 Å². The van der Waals surface area contributed by atoms with Gasteiger partial charge in [0.05, 0.1) is 0 Å². The van der Waals surface area contributed by atoms with Crippen molar-refractivity contribution in [2.24, 2.45) is 0 Å². The van der Waals surface area contributed by atoms with Crippen molar-refractivity contribution in [3.05, 3.63) is 21.4 Å². The van der Waals surface area contributed by atoms with E-state index in [0.717, 1.165) is 6.54 Å². The van der Waals surface area contributed by atoms with Crippen molar-refractivity contribution in [2.45, 2.75) is 59.5 Å². The van der Waals surface area contributed by atoms with Crippen molar-refractivity contribution < 1.29 is 0 Å². The molecule has 1 atom stereocenters. The van der Waals surface area contributed by atoms with Crippen LogP contribution in [0, 0.1) is 13.8 Å². The van der Waals surface area contributed by atoms with E-state index in [-0.39, 0.29) is 0 Å². The number of hydrogen-bond donors (Lipinski definition) is 1. The average molecular weight is 225 g/mol. The molecule has 0 aliphatic rings. The van der Waals surface area contributed by atoms with Crippen molar-refractivity contribution in [2.75, 3.05) is 0 Å². The van der Waals surface area contributed by atoms with Crippen LogP contribution in [0.15, 0.2) is 6.07 Å². The van der Waals surface area contributed by atoms with Crippen molar-refractivity contribution in [3.8, 4) is 0 Å². The highest BCUT2D eigenvalue weighted by Crippen LogP contribution is 2.20. The highest BCUT2D eigenvalue weighted by Gasteiger charge is 2.06. The van der Waals surface area contributed by atoms with Crippen LogP contribution in [0.1, 0.15) is 48.4 Å². The third-order valence-corrected chi connectivity index (χ3v) is 3.86. The largest absolute Gasteiger partial charge is 0.310 e. The van der Waals surface area contributed by atoms with Gasteiger partial charge in [-0.1, -0.05) is 20.3 Å². The maximum atomic E-state index is 3.65. The molecule has 0 aliphatic heterocycles. The first-order valence-electron chi connectivity index (χ1n) is 5.96. The van der Waals surface area contributed by atoms with Crippen LogP contribution >= 0.6 is 11.3 Å². The quantitative estimate of drug-likeness (QED) is 0.770. The van der Waals surface area contributed by atoms with E-state index in [4.69, 9.17) is 0 Å². The zero-order chi connectivity index (χ0) is 11.3. The highest BCUT2D eigenvalue weighted by atomic mass is 32.1. The molecule has 86 valence electrons. The lowest BCUT2D eigenvalue weighted by atomic mass is 10.1. The van der Waals surface area contributed by atoms with Crippen LogP contribution in [0.25, 0.3) is 0 Å². The minimum atomic E-state index is 0.689. The van der Waals surface area contributed by atoms with Gasteiger partial charge in [-0.25, -0.2) is 0 Å². The second-order valence-electron chi connectivity index (χ2n) is 4.21. The second kappa shape index (κ2) is 6.29. The van der Waals surface area contributed by atoms with Crippen molar-refractivity contribution >= 4 is 11.3 Å². The van der Waals surface area contributed by atoms with Crippen molar-refractivity contribution in [1.29, 1.82) is 0 Å². The van der Waals surface area contributed by atoms with Crippen LogP contribution in [0.2, 0.25) is 0 Å². The summed E-state index contributed by atoms with van der Waals surface area (Å²) in [5.41, 5.74) is 1.48. The van der Waals surface area contributed by atoms with E-state index < -0.39 is 0 Å². The minimum absolute atomic E-state index is 0.689. The van der Waals surface area contributed by atoms with Crippen LogP contribution in [0.4, 0.5) is 0 Å². The summed E-state index contributed by atoms with van der Waals surface area (Å²) in [6.07, 6.45) is 3.79. The molecule has 0 fully saturated rings. The molecule has 0 saturated heterocycles. The Morgan fingerprint density at radius 1 is 1.33 bits per heavy atom. The summed E-state index contributed by atoms with van der Waals surface area (Å²) >= 11 is 1.90. The molecule has 0 saturated carbocycles. The van der Waals surface area contributed by atoms with Gasteiger partial charge in [0.1, 0.15) is 0 Å². The first kappa shape index (κ1) is 12.7. The Kier molecular flexibility index (Phi) is 5.34. The molecule has 0 aromatic carbocycles. The first-order valence-corrected chi connectivity index (χ1v) is 6.78. The van der Waals surface area contributed by atoms with Gasteiger partial charge in [0.15, 0.2) is 0 Å². The molecule has 0 aliphatic carbocycles. The molecule has 1 aromatic heterocycles. The van der Waals surface area contributed by atoms with E-state index >= 15 is 0 Å². The Bertz CT molecular complexity index is 291. The standard InChI is InChI=1S/C13H23NS/c1-5-7-13(6-2)14-9-12-8-10(3)15-11(12)4/h8,13-14H,5-7,9H2,1-4H3. The van der Waals surface area contributed by atoms with Crippen LogP contribution in [-0.4, -0.2) is 6.04 Å². The molecule has 0 spiro atoms. The highest BCUT2D eigenvalue weighted by molar-refractivity contribution is 7.12. The number of rotatable bonds is 6. The van der Waals surface area contributed by atoms with Gasteiger partial charge < -0.3 is 5.32 Å². The average Bonchev–Trinajstić information content (AvgIpc) is 2.52. The predicted octanol–water partition coefficient (Wildman–Crippen LogP) is 4.03. The van der Waals surface area contributed by atoms with Gasteiger partial charge in [-0.2, -0.15) is 0 Å². The molecule has 0 bridgehead atoms. The van der Waals surface area contributed by atoms with Crippen LogP contribution in [-0.2, 0) is 6.54 Å². The van der Waals surface area contributed by atoms with Gasteiger partial charge in [0, 0.05) is 22.3 Å². The summed E-state index contributed by atoms with van der Waals surface area (Å²) < 4.78 is 0. The maximum Gasteiger partial charge on any atom is 0.0219 e. The van der Waals surface area contributed by atoms with Gasteiger partial charge >= 0.3 is 0 Å². The summed E-state index contributed by atoms with van der Waals surface area (Å²) in [5.74, 6) is 0. The summed E-state index contributed by atoms with van der Waals surface area (Å²) in [6, 6.07) is 3.00. The van der Waals surface area contributed by atoms with E-state index in [0.29, 0.717) is 6.04 Å². The van der Waals surface area contributed by atoms with E-state index in [1.165, 1.54) is 34.6 Å². The van der Waals surface area contributed by atoms with E-state index in [1.807, 2.05) is 11.3 Å². The molecule has 1 aromatic rings. The molecule has 0 amide bonds. The Morgan fingerprint density at radius 2 is 2.07 bits per heavy atom. The fourth-order valence-corrected chi connectivity index (χ4v) is 2.86. The van der Waals surface area contributed by atoms with Gasteiger partial charge in [0.25, 0.3) is 0 Å². The minimum Gasteiger partial charge on any atom is -0.310 e. The maximum absolute atomic E-state index is 3.65. The number of nitrogens with one attached hydrogen (secondary N) is 1. The van der Waals surface area contributed by atoms with Gasteiger partial charge in [-0.3, -0.25) is 0 Å². The zero-order valence-corrected chi connectivity index (χ0v) is 11.2. The molecule has 1 N–H and O–H groups in total. The van der Waals surface area contributed by atoms with Crippen LogP contribution < -0.4 is 5.32 Å². The Labute approximate surface area is 97.9 Å². The van der Waals surface area contributed by atoms with E-state index in [1.54, 1.807) is 0 Å².